The first kappa shape index (κ1) is 22.6. The second-order valence-corrected chi connectivity index (χ2v) is 8.10. The quantitative estimate of drug-likeness (QED) is 0.241. The molecule has 4 rings (SSSR count). The van der Waals surface area contributed by atoms with Crippen molar-refractivity contribution >= 4 is 40.8 Å². The summed E-state index contributed by atoms with van der Waals surface area (Å²) in [6.45, 7) is 0.462. The Morgan fingerprint density at radius 3 is 2.33 bits per heavy atom. The third-order valence-corrected chi connectivity index (χ3v) is 5.34. The fourth-order valence-electron chi connectivity index (χ4n) is 3.15. The van der Waals surface area contributed by atoms with E-state index >= 15 is 0 Å². The van der Waals surface area contributed by atoms with Crippen molar-refractivity contribution < 1.29 is 4.79 Å². The van der Waals surface area contributed by atoms with Crippen LogP contribution in [0.2, 0.25) is 10.0 Å². The molecule has 0 atom stereocenters. The van der Waals surface area contributed by atoms with Gasteiger partial charge in [-0.05, 0) is 53.6 Å². The molecule has 1 aromatic heterocycles. The van der Waals surface area contributed by atoms with E-state index in [1.54, 1.807) is 36.8 Å². The first-order valence-corrected chi connectivity index (χ1v) is 11.0. The number of guanidine groups is 1. The van der Waals surface area contributed by atoms with Crippen molar-refractivity contribution in [2.75, 3.05) is 11.9 Å². The van der Waals surface area contributed by atoms with Gasteiger partial charge in [-0.25, -0.2) is 4.98 Å². The lowest BCUT2D eigenvalue weighted by Crippen LogP contribution is -2.36. The van der Waals surface area contributed by atoms with Gasteiger partial charge in [0, 0.05) is 46.2 Å². The molecule has 0 fully saturated rings. The zero-order chi connectivity index (χ0) is 23.0. The summed E-state index contributed by atoms with van der Waals surface area (Å²) in [4.78, 5) is 24.3. The SMILES string of the molecule is O=C(NC(=NCCc1cnc[nH]1)Nc1ccc(-c2ccc(Cl)cc2)cc1)c1cccc(Cl)c1. The fraction of sp³-hybridized carbons (Fsp3) is 0.0800. The molecule has 3 aromatic carbocycles. The highest BCUT2D eigenvalue weighted by atomic mass is 35.5. The largest absolute Gasteiger partial charge is 0.348 e. The molecule has 0 aliphatic carbocycles. The van der Waals surface area contributed by atoms with Crippen LogP contribution >= 0.6 is 23.2 Å². The number of nitrogens with one attached hydrogen (secondary N) is 3. The van der Waals surface area contributed by atoms with Crippen LogP contribution in [0, 0.1) is 0 Å². The molecule has 0 radical (unpaired) electrons. The summed E-state index contributed by atoms with van der Waals surface area (Å²) in [5.74, 6) is 0.0433. The first-order chi connectivity index (χ1) is 16.1. The Kier molecular flexibility index (Phi) is 7.40. The van der Waals surface area contributed by atoms with Crippen molar-refractivity contribution in [1.29, 1.82) is 0 Å². The molecule has 0 saturated heterocycles. The second-order valence-electron chi connectivity index (χ2n) is 7.23. The number of amides is 1. The zero-order valence-corrected chi connectivity index (χ0v) is 19.1. The Bertz CT molecular complexity index is 1240. The minimum Gasteiger partial charge on any atom is -0.348 e. The smallest absolute Gasteiger partial charge is 0.258 e. The second kappa shape index (κ2) is 10.8. The summed E-state index contributed by atoms with van der Waals surface area (Å²) in [6.07, 6.45) is 4.04. The van der Waals surface area contributed by atoms with E-state index in [0.29, 0.717) is 34.5 Å². The van der Waals surface area contributed by atoms with Gasteiger partial charge in [-0.2, -0.15) is 0 Å². The number of aromatic amines is 1. The summed E-state index contributed by atoms with van der Waals surface area (Å²) in [7, 11) is 0. The van der Waals surface area contributed by atoms with E-state index in [2.05, 4.69) is 25.6 Å². The maximum Gasteiger partial charge on any atom is 0.258 e. The molecule has 0 aliphatic rings. The number of benzene rings is 3. The van der Waals surface area contributed by atoms with E-state index < -0.39 is 0 Å². The lowest BCUT2D eigenvalue weighted by Gasteiger charge is -2.13. The number of imidazole rings is 1. The molecule has 0 aliphatic heterocycles. The molecular weight excluding hydrogens is 457 g/mol. The van der Waals surface area contributed by atoms with Gasteiger partial charge in [-0.1, -0.05) is 53.5 Å². The number of carbonyl (C=O) groups excluding carboxylic acids is 1. The molecule has 33 heavy (non-hydrogen) atoms. The maximum atomic E-state index is 12.7. The van der Waals surface area contributed by atoms with E-state index in [-0.39, 0.29) is 5.91 Å². The molecule has 1 heterocycles. The molecule has 6 nitrogen and oxygen atoms in total. The van der Waals surface area contributed by atoms with Gasteiger partial charge in [0.1, 0.15) is 0 Å². The molecule has 0 bridgehead atoms. The summed E-state index contributed by atoms with van der Waals surface area (Å²) in [6, 6.07) is 22.3. The Morgan fingerprint density at radius 1 is 0.939 bits per heavy atom. The highest BCUT2D eigenvalue weighted by molar-refractivity contribution is 6.31. The number of hydrogen-bond acceptors (Lipinski definition) is 3. The van der Waals surface area contributed by atoms with Crippen molar-refractivity contribution in [3.8, 4) is 11.1 Å². The highest BCUT2D eigenvalue weighted by Crippen LogP contribution is 2.23. The van der Waals surface area contributed by atoms with Gasteiger partial charge in [0.15, 0.2) is 0 Å². The van der Waals surface area contributed by atoms with Gasteiger partial charge in [-0.3, -0.25) is 15.1 Å². The summed E-state index contributed by atoms with van der Waals surface area (Å²) >= 11 is 12.0. The predicted molar refractivity (Wildman–Crippen MR) is 134 cm³/mol. The minimum atomic E-state index is -0.303. The monoisotopic (exact) mass is 477 g/mol. The van der Waals surface area contributed by atoms with E-state index in [1.165, 1.54) is 0 Å². The van der Waals surface area contributed by atoms with Crippen LogP contribution in [-0.2, 0) is 6.42 Å². The first-order valence-electron chi connectivity index (χ1n) is 10.3. The van der Waals surface area contributed by atoms with Crippen molar-refractivity contribution in [1.82, 2.24) is 15.3 Å². The van der Waals surface area contributed by atoms with Crippen molar-refractivity contribution in [3.63, 3.8) is 0 Å². The Hall–Kier alpha value is -3.61. The van der Waals surface area contributed by atoms with Gasteiger partial charge in [0.05, 0.1) is 6.33 Å². The number of aliphatic imine (C=N–C) groups is 1. The minimum absolute atomic E-state index is 0.303. The number of halogens is 2. The molecule has 0 saturated carbocycles. The fourth-order valence-corrected chi connectivity index (χ4v) is 3.47. The van der Waals surface area contributed by atoms with Crippen LogP contribution in [0.3, 0.4) is 0 Å². The summed E-state index contributed by atoms with van der Waals surface area (Å²) in [5, 5.41) is 7.23. The van der Waals surface area contributed by atoms with Crippen LogP contribution in [0.5, 0.6) is 0 Å². The number of rotatable bonds is 6. The molecule has 4 aromatic rings. The number of hydrogen-bond donors (Lipinski definition) is 3. The topological polar surface area (TPSA) is 82.2 Å². The van der Waals surface area contributed by atoms with Crippen LogP contribution in [0.15, 0.2) is 90.3 Å². The molecule has 0 spiro atoms. The number of aromatic nitrogens is 2. The number of anilines is 1. The van der Waals surface area contributed by atoms with Crippen LogP contribution in [-0.4, -0.2) is 28.4 Å². The van der Waals surface area contributed by atoms with Crippen LogP contribution in [0.25, 0.3) is 11.1 Å². The maximum absolute atomic E-state index is 12.7. The summed E-state index contributed by atoms with van der Waals surface area (Å²) < 4.78 is 0. The van der Waals surface area contributed by atoms with Crippen LogP contribution < -0.4 is 10.6 Å². The van der Waals surface area contributed by atoms with Gasteiger partial charge in [0.25, 0.3) is 5.91 Å². The third kappa shape index (κ3) is 6.44. The molecule has 166 valence electrons. The molecule has 1 amide bonds. The van der Waals surface area contributed by atoms with E-state index in [0.717, 1.165) is 22.5 Å². The lowest BCUT2D eigenvalue weighted by atomic mass is 10.1. The number of nitrogens with zero attached hydrogens (tertiary/aromatic N) is 2. The van der Waals surface area contributed by atoms with Gasteiger partial charge in [-0.15, -0.1) is 0 Å². The van der Waals surface area contributed by atoms with Crippen molar-refractivity contribution in [2.24, 2.45) is 4.99 Å². The number of carbonyl (C=O) groups is 1. The Balaban J connectivity index is 1.49. The van der Waals surface area contributed by atoms with Gasteiger partial charge < -0.3 is 10.3 Å². The van der Waals surface area contributed by atoms with E-state index in [9.17, 15) is 4.79 Å². The molecular formula is C25H21Cl2N5O. The van der Waals surface area contributed by atoms with Crippen LogP contribution in [0.1, 0.15) is 16.1 Å². The third-order valence-electron chi connectivity index (χ3n) is 4.85. The molecule has 0 unspecified atom stereocenters. The summed E-state index contributed by atoms with van der Waals surface area (Å²) in [5.41, 5.74) is 4.32. The van der Waals surface area contributed by atoms with E-state index in [4.69, 9.17) is 23.2 Å². The number of H-pyrrole nitrogens is 1. The van der Waals surface area contributed by atoms with Crippen molar-refractivity contribution in [2.45, 2.75) is 6.42 Å². The zero-order valence-electron chi connectivity index (χ0n) is 17.6. The van der Waals surface area contributed by atoms with Gasteiger partial charge >= 0.3 is 0 Å². The van der Waals surface area contributed by atoms with E-state index in [1.807, 2.05) is 48.5 Å². The average Bonchev–Trinajstić information content (AvgIpc) is 3.34. The van der Waals surface area contributed by atoms with Crippen LogP contribution in [0.4, 0.5) is 5.69 Å². The van der Waals surface area contributed by atoms with Gasteiger partial charge in [0.2, 0.25) is 5.96 Å². The molecule has 8 heteroatoms. The van der Waals surface area contributed by atoms with Crippen molar-refractivity contribution in [3.05, 3.63) is 107 Å². The Labute approximate surface area is 201 Å². The average molecular weight is 478 g/mol. The standard InChI is InChI=1S/C25H21Cl2N5O/c26-20-8-4-17(5-9-20)18-6-10-22(11-7-18)31-25(29-13-12-23-15-28-16-30-23)32-24(33)19-2-1-3-21(27)14-19/h1-11,14-16H,12-13H2,(H,28,30)(H2,29,31,32,33). The Morgan fingerprint density at radius 2 is 1.67 bits per heavy atom. The lowest BCUT2D eigenvalue weighted by molar-refractivity contribution is 0.0977. The normalized spacial score (nSPS) is 11.3. The highest BCUT2D eigenvalue weighted by Gasteiger charge is 2.10. The molecule has 3 N–H and O–H groups in total. The predicted octanol–water partition coefficient (Wildman–Crippen LogP) is 5.82.